The van der Waals surface area contributed by atoms with Gasteiger partial charge in [-0.15, -0.1) is 0 Å². The van der Waals surface area contributed by atoms with E-state index in [0.29, 0.717) is 25.2 Å². The number of β-amino-alcohol motifs (C(OH)–C–C–N with tert-alkyl or cyclic N) is 1. The summed E-state index contributed by atoms with van der Waals surface area (Å²) in [7, 11) is 3.80. The Morgan fingerprint density at radius 1 is 1.32 bits per heavy atom. The Labute approximate surface area is 146 Å². The molecule has 1 saturated heterocycles. The standard InChI is InChI=1S/C18H24N4O3/c1-20(2)12-18(25)9-6-10-21(13-18)17(24)15-11-16(23)22(19-15)14-7-4-3-5-8-14/h3-5,7-8,11,19,25H,6,9-10,12-13H2,1-2H3/t18-/m0/s1. The number of hydrogen-bond donors (Lipinski definition) is 2. The van der Waals surface area contributed by atoms with Gasteiger partial charge in [0.15, 0.2) is 0 Å². The Bertz CT molecular complexity index is 796. The summed E-state index contributed by atoms with van der Waals surface area (Å²) in [5.41, 5.74) is -0.285. The lowest BCUT2D eigenvalue weighted by Gasteiger charge is -2.40. The van der Waals surface area contributed by atoms with Crippen LogP contribution in [-0.2, 0) is 0 Å². The Morgan fingerprint density at radius 2 is 2.04 bits per heavy atom. The summed E-state index contributed by atoms with van der Waals surface area (Å²) in [5, 5.41) is 13.6. The molecule has 0 unspecified atom stereocenters. The molecule has 2 aromatic rings. The van der Waals surface area contributed by atoms with Crippen LogP contribution in [0, 0.1) is 0 Å². The Hall–Kier alpha value is -2.38. The number of nitrogens with one attached hydrogen (secondary N) is 1. The molecule has 7 nitrogen and oxygen atoms in total. The predicted octanol–water partition coefficient (Wildman–Crippen LogP) is 0.694. The second kappa shape index (κ2) is 6.85. The van der Waals surface area contributed by atoms with Gasteiger partial charge in [0.05, 0.1) is 17.8 Å². The lowest BCUT2D eigenvalue weighted by molar-refractivity contribution is -0.0392. The van der Waals surface area contributed by atoms with Gasteiger partial charge >= 0.3 is 0 Å². The molecule has 1 aromatic heterocycles. The fourth-order valence-corrected chi connectivity index (χ4v) is 3.45. The number of carbonyl (C=O) groups is 1. The van der Waals surface area contributed by atoms with E-state index in [9.17, 15) is 14.7 Å². The summed E-state index contributed by atoms with van der Waals surface area (Å²) in [4.78, 5) is 28.5. The first-order valence-corrected chi connectivity index (χ1v) is 8.42. The number of rotatable bonds is 4. The molecular formula is C18H24N4O3. The Balaban J connectivity index is 1.81. The third-order valence-corrected chi connectivity index (χ3v) is 4.42. The first-order chi connectivity index (χ1) is 11.9. The predicted molar refractivity (Wildman–Crippen MR) is 95.0 cm³/mol. The topological polar surface area (TPSA) is 81.6 Å². The van der Waals surface area contributed by atoms with Crippen LogP contribution in [0.25, 0.3) is 5.69 Å². The summed E-state index contributed by atoms with van der Waals surface area (Å²) in [6, 6.07) is 10.4. The van der Waals surface area contributed by atoms with E-state index in [1.807, 2.05) is 37.2 Å². The van der Waals surface area contributed by atoms with Crippen molar-refractivity contribution in [2.75, 3.05) is 33.7 Å². The van der Waals surface area contributed by atoms with Crippen LogP contribution >= 0.6 is 0 Å². The van der Waals surface area contributed by atoms with Gasteiger partial charge in [0, 0.05) is 19.2 Å². The molecule has 2 N–H and O–H groups in total. The molecule has 1 amide bonds. The van der Waals surface area contributed by atoms with Gasteiger partial charge < -0.3 is 14.9 Å². The number of benzene rings is 1. The first-order valence-electron chi connectivity index (χ1n) is 8.42. The van der Waals surface area contributed by atoms with E-state index < -0.39 is 5.60 Å². The number of H-pyrrole nitrogens is 1. The highest BCUT2D eigenvalue weighted by molar-refractivity contribution is 5.92. The van der Waals surface area contributed by atoms with Crippen LogP contribution in [0.4, 0.5) is 0 Å². The molecule has 25 heavy (non-hydrogen) atoms. The van der Waals surface area contributed by atoms with Crippen molar-refractivity contribution in [2.24, 2.45) is 0 Å². The van der Waals surface area contributed by atoms with Gasteiger partial charge in [-0.05, 0) is 39.1 Å². The van der Waals surface area contributed by atoms with Crippen LogP contribution in [-0.4, -0.2) is 69.9 Å². The van der Waals surface area contributed by atoms with Crippen molar-refractivity contribution in [3.63, 3.8) is 0 Å². The minimum absolute atomic E-state index is 0.239. The van der Waals surface area contributed by atoms with Gasteiger partial charge in [0.1, 0.15) is 5.69 Å². The molecule has 1 aliphatic heterocycles. The molecule has 2 heterocycles. The highest BCUT2D eigenvalue weighted by Gasteiger charge is 2.36. The Morgan fingerprint density at radius 3 is 2.72 bits per heavy atom. The maximum absolute atomic E-state index is 12.8. The van der Waals surface area contributed by atoms with Crippen LogP contribution in [0.5, 0.6) is 0 Å². The van der Waals surface area contributed by atoms with Crippen LogP contribution in [0.3, 0.4) is 0 Å². The molecule has 1 aromatic carbocycles. The van der Waals surface area contributed by atoms with Crippen molar-refractivity contribution in [3.8, 4) is 5.69 Å². The lowest BCUT2D eigenvalue weighted by atomic mass is 9.92. The summed E-state index contributed by atoms with van der Waals surface area (Å²) in [5.74, 6) is -0.260. The van der Waals surface area contributed by atoms with E-state index >= 15 is 0 Å². The molecule has 0 saturated carbocycles. The minimum atomic E-state index is -0.917. The minimum Gasteiger partial charge on any atom is -0.387 e. The normalized spacial score (nSPS) is 20.9. The average Bonchev–Trinajstić information content (AvgIpc) is 2.95. The smallest absolute Gasteiger partial charge is 0.272 e. The van der Waals surface area contributed by atoms with E-state index in [-0.39, 0.29) is 23.7 Å². The number of aromatic amines is 1. The molecule has 0 spiro atoms. The van der Waals surface area contributed by atoms with Crippen LogP contribution < -0.4 is 5.56 Å². The number of nitrogens with zero attached hydrogens (tertiary/aromatic N) is 3. The molecule has 0 bridgehead atoms. The summed E-state index contributed by atoms with van der Waals surface area (Å²) in [6.45, 7) is 1.34. The molecule has 7 heteroatoms. The summed E-state index contributed by atoms with van der Waals surface area (Å²) < 4.78 is 1.35. The number of likely N-dealkylation sites (tertiary alicyclic amines) is 1. The van der Waals surface area contributed by atoms with E-state index in [4.69, 9.17) is 0 Å². The number of likely N-dealkylation sites (N-methyl/N-ethyl adjacent to an activating group) is 1. The monoisotopic (exact) mass is 344 g/mol. The van der Waals surface area contributed by atoms with Gasteiger partial charge in [0.25, 0.3) is 11.5 Å². The summed E-state index contributed by atoms with van der Waals surface area (Å²) >= 11 is 0. The number of para-hydroxylation sites is 1. The van der Waals surface area contributed by atoms with Crippen molar-refractivity contribution >= 4 is 5.91 Å². The highest BCUT2D eigenvalue weighted by Crippen LogP contribution is 2.23. The third-order valence-electron chi connectivity index (χ3n) is 4.42. The zero-order chi connectivity index (χ0) is 18.0. The second-order valence-electron chi connectivity index (χ2n) is 6.97. The first kappa shape index (κ1) is 17.4. The molecular weight excluding hydrogens is 320 g/mol. The number of piperidine rings is 1. The molecule has 1 aliphatic rings. The molecule has 3 rings (SSSR count). The largest absolute Gasteiger partial charge is 0.387 e. The van der Waals surface area contributed by atoms with Gasteiger partial charge in [0.2, 0.25) is 0 Å². The zero-order valence-electron chi connectivity index (χ0n) is 14.6. The van der Waals surface area contributed by atoms with Gasteiger partial charge in [-0.1, -0.05) is 18.2 Å². The van der Waals surface area contributed by atoms with E-state index in [1.54, 1.807) is 17.0 Å². The molecule has 134 valence electrons. The van der Waals surface area contributed by atoms with Crippen molar-refractivity contribution < 1.29 is 9.90 Å². The fourth-order valence-electron chi connectivity index (χ4n) is 3.45. The number of aromatic nitrogens is 2. The van der Waals surface area contributed by atoms with Gasteiger partial charge in [-0.2, -0.15) is 0 Å². The van der Waals surface area contributed by atoms with Crippen LogP contribution in [0.2, 0.25) is 0 Å². The number of hydrogen-bond acceptors (Lipinski definition) is 4. The molecule has 1 fully saturated rings. The van der Waals surface area contributed by atoms with Crippen molar-refractivity contribution in [3.05, 3.63) is 52.4 Å². The molecule has 0 aliphatic carbocycles. The maximum Gasteiger partial charge on any atom is 0.272 e. The molecule has 0 radical (unpaired) electrons. The number of carbonyl (C=O) groups excluding carboxylic acids is 1. The third kappa shape index (κ3) is 3.83. The van der Waals surface area contributed by atoms with Crippen LogP contribution in [0.1, 0.15) is 23.3 Å². The summed E-state index contributed by atoms with van der Waals surface area (Å²) in [6.07, 6.45) is 1.40. The van der Waals surface area contributed by atoms with E-state index in [2.05, 4.69) is 5.10 Å². The quantitative estimate of drug-likeness (QED) is 0.855. The van der Waals surface area contributed by atoms with Crippen molar-refractivity contribution in [1.29, 1.82) is 0 Å². The highest BCUT2D eigenvalue weighted by atomic mass is 16.3. The van der Waals surface area contributed by atoms with E-state index in [0.717, 1.165) is 6.42 Å². The van der Waals surface area contributed by atoms with Crippen molar-refractivity contribution in [1.82, 2.24) is 19.6 Å². The fraction of sp³-hybridized carbons (Fsp3) is 0.444. The average molecular weight is 344 g/mol. The number of aliphatic hydroxyl groups is 1. The van der Waals surface area contributed by atoms with Crippen LogP contribution in [0.15, 0.2) is 41.2 Å². The second-order valence-corrected chi connectivity index (χ2v) is 6.97. The molecule has 1 atom stereocenters. The lowest BCUT2D eigenvalue weighted by Crippen LogP contribution is -2.54. The zero-order valence-corrected chi connectivity index (χ0v) is 14.6. The van der Waals surface area contributed by atoms with E-state index in [1.165, 1.54) is 10.7 Å². The number of amides is 1. The van der Waals surface area contributed by atoms with Gasteiger partial charge in [-0.3, -0.25) is 14.7 Å². The van der Waals surface area contributed by atoms with Gasteiger partial charge in [-0.25, -0.2) is 4.68 Å². The Kier molecular flexibility index (Phi) is 4.78. The van der Waals surface area contributed by atoms with Crippen molar-refractivity contribution in [2.45, 2.75) is 18.4 Å². The SMILES string of the molecule is CN(C)C[C@@]1(O)CCCN(C(=O)c2cc(=O)n(-c3ccccc3)[nH]2)C1. The maximum atomic E-state index is 12.8.